The highest BCUT2D eigenvalue weighted by molar-refractivity contribution is 5.00. The van der Waals surface area contributed by atoms with Gasteiger partial charge in [-0.05, 0) is 45.2 Å². The van der Waals surface area contributed by atoms with Crippen molar-refractivity contribution >= 4 is 0 Å². The summed E-state index contributed by atoms with van der Waals surface area (Å²) in [6.07, 6.45) is 3.83. The van der Waals surface area contributed by atoms with E-state index in [1.165, 1.54) is 19.3 Å². The number of fused-ring (bicyclic) bond motifs is 2. The number of likely N-dealkylation sites (N-methyl/N-ethyl adjacent to an activating group) is 1. The molecule has 0 unspecified atom stereocenters. The van der Waals surface area contributed by atoms with Gasteiger partial charge in [-0.3, -0.25) is 0 Å². The molecule has 2 rings (SSSR count). The Balaban J connectivity index is 2.11. The Labute approximate surface area is 68.2 Å². The van der Waals surface area contributed by atoms with E-state index in [4.69, 9.17) is 0 Å². The molecule has 64 valence electrons. The molecule has 4 atom stereocenters. The molecule has 0 aromatic heterocycles. The summed E-state index contributed by atoms with van der Waals surface area (Å²) in [6.45, 7) is 0. The summed E-state index contributed by atoms with van der Waals surface area (Å²) in [6, 6.07) is 0.453. The van der Waals surface area contributed by atoms with Crippen LogP contribution in [-0.2, 0) is 0 Å². The molecular weight excluding hydrogens is 138 g/mol. The summed E-state index contributed by atoms with van der Waals surface area (Å²) in [7, 11) is 4.16. The molecule has 0 aliphatic heterocycles. The summed E-state index contributed by atoms with van der Waals surface area (Å²) in [4.78, 5) is 2.19. The molecule has 2 saturated carbocycles. The normalized spacial score (nSPS) is 49.1. The fourth-order valence-corrected chi connectivity index (χ4v) is 2.96. The maximum absolute atomic E-state index is 9.81. The molecule has 0 saturated heterocycles. The summed E-state index contributed by atoms with van der Waals surface area (Å²) < 4.78 is 0. The topological polar surface area (TPSA) is 23.5 Å². The lowest BCUT2D eigenvalue weighted by molar-refractivity contribution is 0.0349. The molecule has 2 aliphatic carbocycles. The molecule has 0 spiro atoms. The molecule has 0 heterocycles. The Morgan fingerprint density at radius 1 is 1.18 bits per heavy atom. The second kappa shape index (κ2) is 2.46. The Morgan fingerprint density at radius 2 is 1.82 bits per heavy atom. The largest absolute Gasteiger partial charge is 0.391 e. The number of hydrogen-bond acceptors (Lipinski definition) is 2. The zero-order valence-electron chi connectivity index (χ0n) is 7.33. The molecule has 2 fully saturated rings. The minimum absolute atomic E-state index is 0.0382. The smallest absolute Gasteiger partial charge is 0.0726 e. The molecule has 2 aliphatic rings. The van der Waals surface area contributed by atoms with Crippen molar-refractivity contribution in [2.75, 3.05) is 14.1 Å². The van der Waals surface area contributed by atoms with Crippen LogP contribution in [0.2, 0.25) is 0 Å². The molecule has 0 radical (unpaired) electrons. The van der Waals surface area contributed by atoms with Gasteiger partial charge >= 0.3 is 0 Å². The van der Waals surface area contributed by atoms with Gasteiger partial charge in [-0.25, -0.2) is 0 Å². The lowest BCUT2D eigenvalue weighted by atomic mass is 9.92. The third-order valence-electron chi connectivity index (χ3n) is 3.43. The van der Waals surface area contributed by atoms with Crippen LogP contribution in [0.3, 0.4) is 0 Å². The van der Waals surface area contributed by atoms with Crippen molar-refractivity contribution < 1.29 is 5.11 Å². The van der Waals surface area contributed by atoms with Crippen LogP contribution in [0.15, 0.2) is 0 Å². The van der Waals surface area contributed by atoms with E-state index in [9.17, 15) is 5.11 Å². The highest BCUT2D eigenvalue weighted by Crippen LogP contribution is 2.46. The lowest BCUT2D eigenvalue weighted by Gasteiger charge is -2.32. The molecular formula is C9H17NO. The molecule has 11 heavy (non-hydrogen) atoms. The molecule has 0 amide bonds. The third-order valence-corrected chi connectivity index (χ3v) is 3.43. The first-order valence-electron chi connectivity index (χ1n) is 4.54. The fourth-order valence-electron chi connectivity index (χ4n) is 2.96. The van der Waals surface area contributed by atoms with E-state index < -0.39 is 0 Å². The molecule has 2 heteroatoms. The average Bonchev–Trinajstić information content (AvgIpc) is 2.44. The van der Waals surface area contributed by atoms with Crippen LogP contribution in [0, 0.1) is 11.8 Å². The lowest BCUT2D eigenvalue weighted by Crippen LogP contribution is -2.43. The van der Waals surface area contributed by atoms with Gasteiger partial charge in [0.2, 0.25) is 0 Å². The molecule has 2 bridgehead atoms. The van der Waals surface area contributed by atoms with E-state index >= 15 is 0 Å². The number of aliphatic hydroxyl groups is 1. The first-order valence-corrected chi connectivity index (χ1v) is 4.54. The highest BCUT2D eigenvalue weighted by atomic mass is 16.3. The van der Waals surface area contributed by atoms with E-state index in [2.05, 4.69) is 19.0 Å². The predicted octanol–water partition coefficient (Wildman–Crippen LogP) is 0.707. The number of hydrogen-bond donors (Lipinski definition) is 1. The maximum Gasteiger partial charge on any atom is 0.0726 e. The van der Waals surface area contributed by atoms with Crippen LogP contribution in [0.5, 0.6) is 0 Å². The molecule has 0 aromatic carbocycles. The Kier molecular flexibility index (Phi) is 1.69. The zero-order valence-corrected chi connectivity index (χ0v) is 7.33. The van der Waals surface area contributed by atoms with E-state index in [1.54, 1.807) is 0 Å². The second-order valence-corrected chi connectivity index (χ2v) is 4.28. The van der Waals surface area contributed by atoms with Gasteiger partial charge in [0.25, 0.3) is 0 Å². The van der Waals surface area contributed by atoms with Crippen LogP contribution in [-0.4, -0.2) is 36.2 Å². The van der Waals surface area contributed by atoms with Crippen LogP contribution in [0.1, 0.15) is 19.3 Å². The Morgan fingerprint density at radius 3 is 2.18 bits per heavy atom. The first-order chi connectivity index (χ1) is 5.20. The van der Waals surface area contributed by atoms with Crippen LogP contribution >= 0.6 is 0 Å². The maximum atomic E-state index is 9.81. The molecule has 0 aromatic rings. The SMILES string of the molecule is CN(C)[C@@H]1[C@H]2CC[C@H](C2)[C@H]1O. The fraction of sp³-hybridized carbons (Fsp3) is 1.00. The Hall–Kier alpha value is -0.0800. The van der Waals surface area contributed by atoms with E-state index in [-0.39, 0.29) is 6.10 Å². The minimum atomic E-state index is -0.0382. The van der Waals surface area contributed by atoms with Crippen molar-refractivity contribution in [3.05, 3.63) is 0 Å². The van der Waals surface area contributed by atoms with E-state index in [0.29, 0.717) is 12.0 Å². The van der Waals surface area contributed by atoms with E-state index in [1.807, 2.05) is 0 Å². The van der Waals surface area contributed by atoms with Crippen LogP contribution in [0.4, 0.5) is 0 Å². The minimum Gasteiger partial charge on any atom is -0.391 e. The average molecular weight is 155 g/mol. The monoisotopic (exact) mass is 155 g/mol. The quantitative estimate of drug-likeness (QED) is 0.602. The third kappa shape index (κ3) is 1.00. The van der Waals surface area contributed by atoms with Gasteiger partial charge in [0.15, 0.2) is 0 Å². The van der Waals surface area contributed by atoms with Gasteiger partial charge in [0.05, 0.1) is 6.10 Å². The Bertz CT molecular complexity index is 156. The zero-order chi connectivity index (χ0) is 8.01. The standard InChI is InChI=1S/C9H17NO/c1-10(2)8-6-3-4-7(5-6)9(8)11/h6-9,11H,3-5H2,1-2H3/t6-,7+,8+,9+/m0/s1. The van der Waals surface area contributed by atoms with Crippen LogP contribution < -0.4 is 0 Å². The number of rotatable bonds is 1. The van der Waals surface area contributed by atoms with Gasteiger partial charge in [-0.15, -0.1) is 0 Å². The van der Waals surface area contributed by atoms with E-state index in [0.717, 1.165) is 5.92 Å². The number of aliphatic hydroxyl groups excluding tert-OH is 1. The van der Waals surface area contributed by atoms with Gasteiger partial charge in [-0.2, -0.15) is 0 Å². The highest BCUT2D eigenvalue weighted by Gasteiger charge is 2.47. The van der Waals surface area contributed by atoms with Crippen LogP contribution in [0.25, 0.3) is 0 Å². The van der Waals surface area contributed by atoms with Crippen molar-refractivity contribution in [2.24, 2.45) is 11.8 Å². The first kappa shape index (κ1) is 7.56. The second-order valence-electron chi connectivity index (χ2n) is 4.28. The summed E-state index contributed by atoms with van der Waals surface area (Å²) in [5.41, 5.74) is 0. The van der Waals surface area contributed by atoms with Gasteiger partial charge in [-0.1, -0.05) is 0 Å². The predicted molar refractivity (Wildman–Crippen MR) is 44.3 cm³/mol. The molecule has 1 N–H and O–H groups in total. The van der Waals surface area contributed by atoms with Crippen molar-refractivity contribution in [1.29, 1.82) is 0 Å². The molecule has 2 nitrogen and oxygen atoms in total. The summed E-state index contributed by atoms with van der Waals surface area (Å²) in [5, 5.41) is 9.81. The van der Waals surface area contributed by atoms with Crippen molar-refractivity contribution in [2.45, 2.75) is 31.4 Å². The van der Waals surface area contributed by atoms with Gasteiger partial charge in [0, 0.05) is 6.04 Å². The van der Waals surface area contributed by atoms with Crippen molar-refractivity contribution in [1.82, 2.24) is 4.90 Å². The van der Waals surface area contributed by atoms with Gasteiger partial charge in [0.1, 0.15) is 0 Å². The van der Waals surface area contributed by atoms with Crippen molar-refractivity contribution in [3.63, 3.8) is 0 Å². The number of nitrogens with zero attached hydrogens (tertiary/aromatic N) is 1. The summed E-state index contributed by atoms with van der Waals surface area (Å²) in [5.74, 6) is 1.40. The van der Waals surface area contributed by atoms with Crippen molar-refractivity contribution in [3.8, 4) is 0 Å². The van der Waals surface area contributed by atoms with Gasteiger partial charge < -0.3 is 10.0 Å². The summed E-state index contributed by atoms with van der Waals surface area (Å²) >= 11 is 0.